The third-order valence-corrected chi connectivity index (χ3v) is 4.51. The summed E-state index contributed by atoms with van der Waals surface area (Å²) in [7, 11) is 3.32. The number of guanidine groups is 1. The molecular weight excluding hydrogens is 502 g/mol. The Morgan fingerprint density at radius 2 is 2.07 bits per heavy atom. The van der Waals surface area contributed by atoms with Crippen molar-refractivity contribution in [2.24, 2.45) is 10.9 Å². The first-order chi connectivity index (χ1) is 13.3. The maximum Gasteiger partial charge on any atom is 0.422 e. The van der Waals surface area contributed by atoms with E-state index >= 15 is 0 Å². The van der Waals surface area contributed by atoms with Gasteiger partial charge in [0.05, 0.1) is 0 Å². The quantitative estimate of drug-likeness (QED) is 0.337. The molecule has 0 aromatic carbocycles. The number of piperidine rings is 1. The summed E-state index contributed by atoms with van der Waals surface area (Å²) in [6.07, 6.45) is -0.649. The summed E-state index contributed by atoms with van der Waals surface area (Å²) in [4.78, 5) is 21.7. The Morgan fingerprint density at radius 1 is 1.38 bits per heavy atom. The van der Waals surface area contributed by atoms with Crippen LogP contribution in [0, 0.1) is 5.92 Å². The van der Waals surface area contributed by atoms with E-state index in [9.17, 15) is 18.0 Å². The van der Waals surface area contributed by atoms with Crippen molar-refractivity contribution in [2.75, 3.05) is 33.8 Å². The van der Waals surface area contributed by atoms with Crippen LogP contribution < -0.4 is 15.4 Å². The Kier molecular flexibility index (Phi) is 10.5. The molecule has 0 bridgehead atoms. The molecule has 0 radical (unpaired) electrons. The average Bonchev–Trinajstić information content (AvgIpc) is 2.68. The summed E-state index contributed by atoms with van der Waals surface area (Å²) in [5.41, 5.74) is 0.739. The molecule has 2 rings (SSSR count). The summed E-state index contributed by atoms with van der Waals surface area (Å²) in [5.74, 6) is 1.07. The van der Waals surface area contributed by atoms with Crippen molar-refractivity contribution < 1.29 is 22.7 Å². The molecule has 29 heavy (non-hydrogen) atoms. The lowest BCUT2D eigenvalue weighted by Crippen LogP contribution is -2.45. The number of nitrogens with zero attached hydrogens (tertiary/aromatic N) is 3. The van der Waals surface area contributed by atoms with E-state index in [0.29, 0.717) is 24.8 Å². The molecule has 11 heteroatoms. The van der Waals surface area contributed by atoms with E-state index in [1.807, 2.05) is 0 Å². The Morgan fingerprint density at radius 3 is 2.66 bits per heavy atom. The molecule has 0 saturated carbocycles. The summed E-state index contributed by atoms with van der Waals surface area (Å²) < 4.78 is 41.4. The molecule has 2 N–H and O–H groups in total. The van der Waals surface area contributed by atoms with Crippen LogP contribution >= 0.6 is 24.0 Å². The highest BCUT2D eigenvalue weighted by Gasteiger charge is 2.28. The van der Waals surface area contributed by atoms with Gasteiger partial charge in [0.1, 0.15) is 0 Å². The summed E-state index contributed by atoms with van der Waals surface area (Å²) in [6.45, 7) is 0.592. The van der Waals surface area contributed by atoms with Crippen molar-refractivity contribution in [2.45, 2.75) is 32.0 Å². The Hall–Kier alpha value is -1.79. The zero-order chi connectivity index (χ0) is 20.6. The molecule has 1 saturated heterocycles. The minimum Gasteiger partial charge on any atom is -0.468 e. The van der Waals surface area contributed by atoms with Gasteiger partial charge in [0.15, 0.2) is 12.6 Å². The second-order valence-electron chi connectivity index (χ2n) is 6.61. The third-order valence-electron chi connectivity index (χ3n) is 4.51. The molecule has 1 amide bonds. The van der Waals surface area contributed by atoms with E-state index in [4.69, 9.17) is 0 Å². The monoisotopic (exact) mass is 529 g/mol. The Balaban J connectivity index is 0.00000420. The molecule has 0 unspecified atom stereocenters. The maximum atomic E-state index is 12.3. The van der Waals surface area contributed by atoms with E-state index in [2.05, 4.69) is 30.2 Å². The number of halogens is 4. The Bertz CT molecular complexity index is 680. The van der Waals surface area contributed by atoms with Gasteiger partial charge in [-0.1, -0.05) is 0 Å². The average molecular weight is 529 g/mol. The number of nitrogens with one attached hydrogen (secondary N) is 2. The molecule has 2 heterocycles. The number of hydrogen-bond acceptors (Lipinski definition) is 4. The van der Waals surface area contributed by atoms with Gasteiger partial charge in [-0.3, -0.25) is 9.79 Å². The third kappa shape index (κ3) is 9.05. The van der Waals surface area contributed by atoms with E-state index in [-0.39, 0.29) is 35.8 Å². The first kappa shape index (κ1) is 25.2. The van der Waals surface area contributed by atoms with Crippen LogP contribution in [0.4, 0.5) is 13.2 Å². The normalized spacial score (nSPS) is 15.5. The first-order valence-corrected chi connectivity index (χ1v) is 9.11. The van der Waals surface area contributed by atoms with Crippen LogP contribution in [0.2, 0.25) is 0 Å². The molecule has 164 valence electrons. The van der Waals surface area contributed by atoms with Crippen molar-refractivity contribution in [1.29, 1.82) is 0 Å². The number of amides is 1. The van der Waals surface area contributed by atoms with E-state index in [1.54, 1.807) is 20.2 Å². The second kappa shape index (κ2) is 12.0. The Labute approximate surface area is 185 Å². The minimum atomic E-state index is -4.40. The highest BCUT2D eigenvalue weighted by molar-refractivity contribution is 14.0. The van der Waals surface area contributed by atoms with Gasteiger partial charge in [0, 0.05) is 52.4 Å². The predicted octanol–water partition coefficient (Wildman–Crippen LogP) is 2.56. The van der Waals surface area contributed by atoms with Crippen molar-refractivity contribution in [3.05, 3.63) is 23.9 Å². The standard InChI is InChI=1S/C18H26F3N5O2.HI/c1-22-15(27)9-13-4-7-26(8-5-13)17(23-2)25-11-14-3-6-24-16(10-14)28-12-18(19,20)21;/h3,6,10,13H,4-5,7-9,11-12H2,1-2H3,(H,22,27)(H,23,25);1H. The van der Waals surface area contributed by atoms with Crippen LogP contribution in [0.1, 0.15) is 24.8 Å². The fourth-order valence-electron chi connectivity index (χ4n) is 3.02. The van der Waals surface area contributed by atoms with Gasteiger partial charge < -0.3 is 20.3 Å². The van der Waals surface area contributed by atoms with Crippen LogP contribution in [0.25, 0.3) is 0 Å². The maximum absolute atomic E-state index is 12.3. The van der Waals surface area contributed by atoms with Crippen LogP contribution in [0.15, 0.2) is 23.3 Å². The molecule has 1 aliphatic heterocycles. The summed E-state index contributed by atoms with van der Waals surface area (Å²) >= 11 is 0. The van der Waals surface area contributed by atoms with Crippen LogP contribution in [-0.4, -0.2) is 61.7 Å². The lowest BCUT2D eigenvalue weighted by atomic mass is 9.93. The van der Waals surface area contributed by atoms with Crippen LogP contribution in [-0.2, 0) is 11.3 Å². The number of aromatic nitrogens is 1. The molecule has 1 aliphatic rings. The van der Waals surface area contributed by atoms with Gasteiger partial charge in [-0.25, -0.2) is 4.98 Å². The molecule has 7 nitrogen and oxygen atoms in total. The van der Waals surface area contributed by atoms with Gasteiger partial charge >= 0.3 is 6.18 Å². The minimum absolute atomic E-state index is 0. The van der Waals surface area contributed by atoms with E-state index in [1.165, 1.54) is 12.3 Å². The molecule has 1 fully saturated rings. The smallest absolute Gasteiger partial charge is 0.422 e. The summed E-state index contributed by atoms with van der Waals surface area (Å²) in [6, 6.07) is 3.18. The van der Waals surface area contributed by atoms with Crippen molar-refractivity contribution in [3.63, 3.8) is 0 Å². The number of rotatable bonds is 6. The number of carbonyl (C=O) groups excluding carboxylic acids is 1. The zero-order valence-corrected chi connectivity index (χ0v) is 18.8. The first-order valence-electron chi connectivity index (χ1n) is 9.11. The number of likely N-dealkylation sites (tertiary alicyclic amines) is 1. The predicted molar refractivity (Wildman–Crippen MR) is 114 cm³/mol. The fraction of sp³-hybridized carbons (Fsp3) is 0.611. The largest absolute Gasteiger partial charge is 0.468 e. The lowest BCUT2D eigenvalue weighted by molar-refractivity contribution is -0.154. The van der Waals surface area contributed by atoms with Gasteiger partial charge in [0.2, 0.25) is 11.8 Å². The molecule has 1 aromatic heterocycles. The van der Waals surface area contributed by atoms with E-state index in [0.717, 1.165) is 31.5 Å². The fourth-order valence-corrected chi connectivity index (χ4v) is 3.02. The van der Waals surface area contributed by atoms with Crippen molar-refractivity contribution >= 4 is 35.8 Å². The van der Waals surface area contributed by atoms with Crippen LogP contribution in [0.5, 0.6) is 5.88 Å². The number of pyridine rings is 1. The van der Waals surface area contributed by atoms with Gasteiger partial charge in [-0.2, -0.15) is 13.2 Å². The molecule has 0 aliphatic carbocycles. The number of hydrogen-bond donors (Lipinski definition) is 2. The van der Waals surface area contributed by atoms with Crippen molar-refractivity contribution in [3.8, 4) is 5.88 Å². The lowest BCUT2D eigenvalue weighted by Gasteiger charge is -2.34. The zero-order valence-electron chi connectivity index (χ0n) is 16.5. The van der Waals surface area contributed by atoms with Gasteiger partial charge in [-0.05, 0) is 30.4 Å². The number of carbonyl (C=O) groups is 1. The topological polar surface area (TPSA) is 78.9 Å². The summed E-state index contributed by atoms with van der Waals surface area (Å²) in [5, 5.41) is 5.86. The molecule has 1 aromatic rings. The van der Waals surface area contributed by atoms with Crippen molar-refractivity contribution in [1.82, 2.24) is 20.5 Å². The van der Waals surface area contributed by atoms with Gasteiger partial charge in [-0.15, -0.1) is 24.0 Å². The SMILES string of the molecule is CN=C(NCc1ccnc(OCC(F)(F)F)c1)N1CCC(CC(=O)NC)CC1.I. The highest BCUT2D eigenvalue weighted by atomic mass is 127. The molecular formula is C18H27F3IN5O2. The van der Waals surface area contributed by atoms with E-state index < -0.39 is 12.8 Å². The van der Waals surface area contributed by atoms with Gasteiger partial charge in [0.25, 0.3) is 0 Å². The number of alkyl halides is 3. The highest BCUT2D eigenvalue weighted by Crippen LogP contribution is 2.21. The van der Waals surface area contributed by atoms with Crippen LogP contribution in [0.3, 0.4) is 0 Å². The second-order valence-corrected chi connectivity index (χ2v) is 6.61. The number of aliphatic imine (C=N–C) groups is 1. The molecule has 0 spiro atoms. The molecule has 0 atom stereocenters. The number of ether oxygens (including phenoxy) is 1.